The smallest absolute Gasteiger partial charge is 0.110 e. The first-order chi connectivity index (χ1) is 11.8. The third-order valence-corrected chi connectivity index (χ3v) is 5.31. The molecule has 0 amide bonds. The first-order valence-corrected chi connectivity index (χ1v) is 9.06. The number of piperidine rings is 1. The van der Waals surface area contributed by atoms with Crippen molar-refractivity contribution in [2.75, 3.05) is 13.1 Å². The van der Waals surface area contributed by atoms with Gasteiger partial charge in [0.2, 0.25) is 0 Å². The van der Waals surface area contributed by atoms with Crippen LogP contribution in [-0.2, 0) is 13.6 Å². The lowest BCUT2D eigenvalue weighted by molar-refractivity contribution is 0.200. The van der Waals surface area contributed by atoms with Gasteiger partial charge in [-0.1, -0.05) is 0 Å². The summed E-state index contributed by atoms with van der Waals surface area (Å²) in [7, 11) is 2.00. The molecule has 1 aliphatic rings. The number of hydrogen-bond acceptors (Lipinski definition) is 6. The van der Waals surface area contributed by atoms with Crippen LogP contribution in [0.15, 0.2) is 36.6 Å². The number of aromatic nitrogens is 5. The first-order valence-electron chi connectivity index (χ1n) is 8.18. The molecule has 124 valence electrons. The van der Waals surface area contributed by atoms with Gasteiger partial charge in [-0.25, -0.2) is 4.98 Å². The van der Waals surface area contributed by atoms with Crippen molar-refractivity contribution in [2.45, 2.75) is 25.3 Å². The van der Waals surface area contributed by atoms with Crippen molar-refractivity contribution >= 4 is 11.3 Å². The second-order valence-corrected chi connectivity index (χ2v) is 7.19. The Morgan fingerprint density at radius 2 is 2.12 bits per heavy atom. The summed E-state index contributed by atoms with van der Waals surface area (Å²) >= 11 is 1.72. The van der Waals surface area contributed by atoms with Gasteiger partial charge in [0.05, 0.1) is 29.4 Å². The predicted molar refractivity (Wildman–Crippen MR) is 93.6 cm³/mol. The van der Waals surface area contributed by atoms with Gasteiger partial charge in [0.1, 0.15) is 5.69 Å². The molecule has 0 bridgehead atoms. The van der Waals surface area contributed by atoms with E-state index in [4.69, 9.17) is 4.98 Å². The minimum absolute atomic E-state index is 0.408. The Kier molecular flexibility index (Phi) is 4.36. The molecule has 1 aliphatic heterocycles. The topological polar surface area (TPSA) is 59.7 Å². The van der Waals surface area contributed by atoms with Crippen LogP contribution in [-0.4, -0.2) is 42.5 Å². The number of aryl methyl sites for hydroxylation is 1. The fourth-order valence-electron chi connectivity index (χ4n) is 3.39. The summed E-state index contributed by atoms with van der Waals surface area (Å²) in [6, 6.07) is 0. The molecule has 3 aromatic heterocycles. The van der Waals surface area contributed by atoms with Crippen molar-refractivity contribution in [3.05, 3.63) is 47.2 Å². The molecular formula is C17H20N6S. The summed E-state index contributed by atoms with van der Waals surface area (Å²) < 4.78 is 2.01. The molecule has 0 unspecified atom stereocenters. The van der Waals surface area contributed by atoms with Gasteiger partial charge < -0.3 is 4.57 Å². The third-order valence-electron chi connectivity index (χ3n) is 4.54. The standard InChI is InChI=1S/C17H20N6S/c1-22-11-18-8-15(22)17-16(20-4-5-21-17)13-3-2-6-23(9-13)10-14-7-19-12-24-14/h4-5,7-8,11-13H,2-3,6,9-10H2,1H3/t13-/m1/s1. The van der Waals surface area contributed by atoms with E-state index < -0.39 is 0 Å². The molecule has 1 atom stereocenters. The zero-order valence-electron chi connectivity index (χ0n) is 13.7. The Hall–Kier alpha value is -2.12. The number of likely N-dealkylation sites (tertiary alicyclic amines) is 1. The molecule has 4 rings (SSSR count). The number of imidazole rings is 1. The Bertz CT molecular complexity index is 797. The normalized spacial score (nSPS) is 18.8. The van der Waals surface area contributed by atoms with E-state index in [0.29, 0.717) is 5.92 Å². The summed E-state index contributed by atoms with van der Waals surface area (Å²) in [5.41, 5.74) is 4.98. The molecule has 0 spiro atoms. The molecule has 7 heteroatoms. The highest BCUT2D eigenvalue weighted by Gasteiger charge is 2.26. The number of hydrogen-bond donors (Lipinski definition) is 0. The van der Waals surface area contributed by atoms with Crippen LogP contribution in [0.25, 0.3) is 11.4 Å². The summed E-state index contributed by atoms with van der Waals surface area (Å²) in [4.78, 5) is 21.5. The minimum atomic E-state index is 0.408. The van der Waals surface area contributed by atoms with Gasteiger partial charge in [-0.15, -0.1) is 11.3 Å². The van der Waals surface area contributed by atoms with E-state index in [1.807, 2.05) is 35.8 Å². The van der Waals surface area contributed by atoms with Crippen molar-refractivity contribution in [1.82, 2.24) is 29.4 Å². The summed E-state index contributed by atoms with van der Waals surface area (Å²) in [6.45, 7) is 3.12. The molecule has 0 radical (unpaired) electrons. The van der Waals surface area contributed by atoms with Gasteiger partial charge in [-0.05, 0) is 19.4 Å². The van der Waals surface area contributed by atoms with Crippen LogP contribution >= 0.6 is 11.3 Å². The molecule has 4 heterocycles. The lowest BCUT2D eigenvalue weighted by atomic mass is 9.92. The van der Waals surface area contributed by atoms with Crippen molar-refractivity contribution in [2.24, 2.45) is 7.05 Å². The average molecular weight is 340 g/mol. The largest absolute Gasteiger partial charge is 0.332 e. The molecule has 1 fully saturated rings. The Labute approximate surface area is 145 Å². The van der Waals surface area contributed by atoms with Gasteiger partial charge in [-0.2, -0.15) is 0 Å². The number of nitrogens with zero attached hydrogens (tertiary/aromatic N) is 6. The first kappa shape index (κ1) is 15.4. The second kappa shape index (κ2) is 6.78. The van der Waals surface area contributed by atoms with E-state index in [1.165, 1.54) is 11.3 Å². The van der Waals surface area contributed by atoms with Crippen LogP contribution in [0.5, 0.6) is 0 Å². The van der Waals surface area contributed by atoms with Gasteiger partial charge in [0, 0.05) is 49.5 Å². The van der Waals surface area contributed by atoms with Crippen LogP contribution in [0.4, 0.5) is 0 Å². The SMILES string of the molecule is Cn1cncc1-c1nccnc1[C@@H]1CCCN(Cc2cncs2)C1. The van der Waals surface area contributed by atoms with Gasteiger partial charge in [0.15, 0.2) is 0 Å². The highest BCUT2D eigenvalue weighted by atomic mass is 32.1. The Morgan fingerprint density at radius 3 is 2.92 bits per heavy atom. The predicted octanol–water partition coefficient (Wildman–Crippen LogP) is 2.71. The minimum Gasteiger partial charge on any atom is -0.332 e. The van der Waals surface area contributed by atoms with E-state index in [2.05, 4.69) is 19.9 Å². The van der Waals surface area contributed by atoms with Crippen LogP contribution < -0.4 is 0 Å². The maximum Gasteiger partial charge on any atom is 0.110 e. The fourth-order valence-corrected chi connectivity index (χ4v) is 4.03. The monoisotopic (exact) mass is 340 g/mol. The summed E-state index contributed by atoms with van der Waals surface area (Å²) in [5, 5.41) is 0. The molecule has 24 heavy (non-hydrogen) atoms. The van der Waals surface area contributed by atoms with Gasteiger partial charge in [-0.3, -0.25) is 19.9 Å². The van der Waals surface area contributed by atoms with Crippen molar-refractivity contribution in [3.63, 3.8) is 0 Å². The van der Waals surface area contributed by atoms with E-state index >= 15 is 0 Å². The van der Waals surface area contributed by atoms with Crippen molar-refractivity contribution in [1.29, 1.82) is 0 Å². The highest BCUT2D eigenvalue weighted by Crippen LogP contribution is 2.32. The van der Waals surface area contributed by atoms with E-state index in [0.717, 1.165) is 43.1 Å². The zero-order valence-corrected chi connectivity index (χ0v) is 14.5. The summed E-state index contributed by atoms with van der Waals surface area (Å²) in [6.07, 6.45) is 11.6. The molecular weight excluding hydrogens is 320 g/mol. The average Bonchev–Trinajstić information content (AvgIpc) is 3.27. The molecule has 0 saturated carbocycles. The maximum atomic E-state index is 4.69. The van der Waals surface area contributed by atoms with Crippen LogP contribution in [0.2, 0.25) is 0 Å². The molecule has 0 aromatic carbocycles. The van der Waals surface area contributed by atoms with E-state index in [1.54, 1.807) is 23.7 Å². The highest BCUT2D eigenvalue weighted by molar-refractivity contribution is 7.09. The van der Waals surface area contributed by atoms with Crippen LogP contribution in [0.1, 0.15) is 29.3 Å². The molecule has 0 aliphatic carbocycles. The maximum absolute atomic E-state index is 4.69. The Balaban J connectivity index is 1.58. The van der Waals surface area contributed by atoms with E-state index in [9.17, 15) is 0 Å². The van der Waals surface area contributed by atoms with Gasteiger partial charge in [0.25, 0.3) is 0 Å². The fraction of sp³-hybridized carbons (Fsp3) is 0.412. The second-order valence-electron chi connectivity index (χ2n) is 6.22. The number of thiazole rings is 1. The van der Waals surface area contributed by atoms with Crippen molar-refractivity contribution in [3.8, 4) is 11.4 Å². The van der Waals surface area contributed by atoms with Crippen LogP contribution in [0.3, 0.4) is 0 Å². The lowest BCUT2D eigenvalue weighted by Crippen LogP contribution is -2.34. The van der Waals surface area contributed by atoms with Gasteiger partial charge >= 0.3 is 0 Å². The third kappa shape index (κ3) is 3.09. The molecule has 3 aromatic rings. The number of rotatable bonds is 4. The summed E-state index contributed by atoms with van der Waals surface area (Å²) in [5.74, 6) is 0.408. The van der Waals surface area contributed by atoms with Crippen molar-refractivity contribution < 1.29 is 0 Å². The van der Waals surface area contributed by atoms with Crippen LogP contribution in [0, 0.1) is 0 Å². The quantitative estimate of drug-likeness (QED) is 0.731. The molecule has 6 nitrogen and oxygen atoms in total. The Morgan fingerprint density at radius 1 is 1.21 bits per heavy atom. The lowest BCUT2D eigenvalue weighted by Gasteiger charge is -2.32. The zero-order chi connectivity index (χ0) is 16.4. The molecule has 1 saturated heterocycles. The molecule has 0 N–H and O–H groups in total. The van der Waals surface area contributed by atoms with E-state index in [-0.39, 0.29) is 0 Å².